The number of rotatable bonds is 6. The molecule has 1 fully saturated rings. The van der Waals surface area contributed by atoms with E-state index in [1.807, 2.05) is 0 Å². The zero-order chi connectivity index (χ0) is 23.4. The fourth-order valence-corrected chi connectivity index (χ4v) is 4.44. The molecule has 0 unspecified atom stereocenters. The Kier molecular flexibility index (Phi) is 7.23. The summed E-state index contributed by atoms with van der Waals surface area (Å²) in [7, 11) is 1.59. The van der Waals surface area contributed by atoms with Gasteiger partial charge in [0.15, 0.2) is 10.9 Å². The molecule has 1 N–H and O–H groups in total. The number of nitrogens with zero attached hydrogens (tertiary/aromatic N) is 1. The van der Waals surface area contributed by atoms with E-state index in [0.29, 0.717) is 26.9 Å². The van der Waals surface area contributed by atoms with Crippen LogP contribution in [0.25, 0.3) is 6.08 Å². The first kappa shape index (κ1) is 23.2. The van der Waals surface area contributed by atoms with Crippen molar-refractivity contribution in [3.63, 3.8) is 0 Å². The van der Waals surface area contributed by atoms with Gasteiger partial charge in [-0.15, -0.1) is 0 Å². The third-order valence-corrected chi connectivity index (χ3v) is 6.02. The summed E-state index contributed by atoms with van der Waals surface area (Å²) in [5.41, 5.74) is 1.97. The van der Waals surface area contributed by atoms with Crippen molar-refractivity contribution in [2.24, 2.45) is 4.99 Å². The first-order valence-corrected chi connectivity index (χ1v) is 11.3. The molecule has 1 aliphatic rings. The van der Waals surface area contributed by atoms with Gasteiger partial charge in [0.2, 0.25) is 0 Å². The van der Waals surface area contributed by atoms with Crippen molar-refractivity contribution in [1.82, 2.24) is 5.32 Å². The molecule has 3 aromatic rings. The number of ether oxygens (including phenoxy) is 2. The Morgan fingerprint density at radius 3 is 2.48 bits per heavy atom. The van der Waals surface area contributed by atoms with Gasteiger partial charge >= 0.3 is 0 Å². The Hall–Kier alpha value is -3.00. The van der Waals surface area contributed by atoms with Crippen molar-refractivity contribution in [3.05, 3.63) is 92.6 Å². The van der Waals surface area contributed by atoms with Gasteiger partial charge in [-0.05, 0) is 77.5 Å². The number of amides is 1. The Balaban J connectivity index is 1.49. The third-order valence-electron chi connectivity index (χ3n) is 4.54. The van der Waals surface area contributed by atoms with E-state index in [9.17, 15) is 9.18 Å². The van der Waals surface area contributed by atoms with Gasteiger partial charge in [0, 0.05) is 0 Å². The number of carbonyl (C=O) groups is 1. The van der Waals surface area contributed by atoms with Gasteiger partial charge in [-0.2, -0.15) is 0 Å². The molecule has 0 aromatic heterocycles. The number of hydrogen-bond donors (Lipinski definition) is 1. The van der Waals surface area contributed by atoms with Crippen molar-refractivity contribution in [1.29, 1.82) is 0 Å². The zero-order valence-electron chi connectivity index (χ0n) is 17.3. The fourth-order valence-electron chi connectivity index (χ4n) is 2.99. The first-order chi connectivity index (χ1) is 15.9. The molecule has 9 heteroatoms. The van der Waals surface area contributed by atoms with Crippen LogP contribution >= 0.6 is 35.0 Å². The molecule has 0 saturated carbocycles. The first-order valence-electron chi connectivity index (χ1n) is 9.71. The van der Waals surface area contributed by atoms with E-state index in [1.165, 1.54) is 23.9 Å². The highest BCUT2D eigenvalue weighted by Crippen LogP contribution is 2.37. The van der Waals surface area contributed by atoms with Gasteiger partial charge in [-0.1, -0.05) is 35.3 Å². The topological polar surface area (TPSA) is 59.9 Å². The number of aliphatic imine (C=N–C) groups is 1. The Labute approximate surface area is 204 Å². The minimum absolute atomic E-state index is 0.112. The normalized spacial score (nSPS) is 15.7. The summed E-state index contributed by atoms with van der Waals surface area (Å²) in [6.45, 7) is 0.112. The average Bonchev–Trinajstić information content (AvgIpc) is 3.12. The van der Waals surface area contributed by atoms with Crippen LogP contribution in [-0.4, -0.2) is 18.2 Å². The molecule has 1 saturated heterocycles. The molecule has 0 radical (unpaired) electrons. The quantitative estimate of drug-likeness (QED) is 0.385. The Morgan fingerprint density at radius 1 is 1.09 bits per heavy atom. The molecule has 0 bridgehead atoms. The summed E-state index contributed by atoms with van der Waals surface area (Å²) in [6, 6.07) is 16.5. The molecular formula is C24H17Cl2FN2O3S. The van der Waals surface area contributed by atoms with Gasteiger partial charge in [-0.25, -0.2) is 9.38 Å². The molecule has 4 rings (SSSR count). The van der Waals surface area contributed by atoms with Crippen molar-refractivity contribution < 1.29 is 18.7 Å². The molecule has 0 atom stereocenters. The van der Waals surface area contributed by atoms with Gasteiger partial charge in [0.25, 0.3) is 5.91 Å². The van der Waals surface area contributed by atoms with Crippen molar-refractivity contribution >= 4 is 57.8 Å². The zero-order valence-corrected chi connectivity index (χ0v) is 19.6. The molecule has 1 amide bonds. The molecule has 0 aliphatic carbocycles. The fraction of sp³-hybridized carbons (Fsp3) is 0.0833. The number of hydrogen-bond acceptors (Lipinski definition) is 5. The summed E-state index contributed by atoms with van der Waals surface area (Å²) in [6.07, 6.45) is 1.67. The van der Waals surface area contributed by atoms with Crippen LogP contribution in [0.1, 0.15) is 11.1 Å². The Morgan fingerprint density at radius 2 is 1.82 bits per heavy atom. The summed E-state index contributed by atoms with van der Waals surface area (Å²) < 4.78 is 24.2. The number of methoxy groups -OCH3 is 1. The minimum atomic E-state index is -0.350. The van der Waals surface area contributed by atoms with E-state index in [4.69, 9.17) is 32.7 Å². The number of benzene rings is 3. The standard InChI is InChI=1S/C24H17Cl2FN2O3S/c1-31-18-7-5-17(6-8-18)28-24-29-23(30)21(33-24)12-15-10-19(25)22(20(26)11-15)32-13-14-3-2-4-16(27)9-14/h2-12H,13H2,1H3,(H,28,29,30)/b21-12+. The van der Waals surface area contributed by atoms with Crippen LogP contribution in [0, 0.1) is 5.82 Å². The lowest BCUT2D eigenvalue weighted by Gasteiger charge is -2.11. The van der Waals surface area contributed by atoms with E-state index >= 15 is 0 Å². The highest BCUT2D eigenvalue weighted by atomic mass is 35.5. The lowest BCUT2D eigenvalue weighted by molar-refractivity contribution is -0.115. The lowest BCUT2D eigenvalue weighted by Crippen LogP contribution is -2.19. The third kappa shape index (κ3) is 5.87. The number of halogens is 3. The van der Waals surface area contributed by atoms with Crippen LogP contribution in [0.5, 0.6) is 11.5 Å². The maximum atomic E-state index is 13.3. The summed E-state index contributed by atoms with van der Waals surface area (Å²) in [4.78, 5) is 17.3. The van der Waals surface area contributed by atoms with E-state index < -0.39 is 0 Å². The number of amidine groups is 1. The van der Waals surface area contributed by atoms with Crippen LogP contribution < -0.4 is 14.8 Å². The predicted molar refractivity (Wildman–Crippen MR) is 131 cm³/mol. The molecule has 33 heavy (non-hydrogen) atoms. The van der Waals surface area contributed by atoms with Crippen LogP contribution in [0.15, 0.2) is 70.6 Å². The number of nitrogens with one attached hydrogen (secondary N) is 1. The van der Waals surface area contributed by atoms with Crippen LogP contribution in [0.2, 0.25) is 10.0 Å². The number of carbonyl (C=O) groups excluding carboxylic acids is 1. The molecule has 5 nitrogen and oxygen atoms in total. The lowest BCUT2D eigenvalue weighted by atomic mass is 10.2. The SMILES string of the molecule is COc1ccc(N=C2NC(=O)/C(=C\c3cc(Cl)c(OCc4cccc(F)c4)c(Cl)c3)S2)cc1. The minimum Gasteiger partial charge on any atom is -0.497 e. The second kappa shape index (κ2) is 10.3. The summed E-state index contributed by atoms with van der Waals surface area (Å²) in [5.74, 6) is 0.387. The van der Waals surface area contributed by atoms with Gasteiger partial charge in [0.1, 0.15) is 18.2 Å². The van der Waals surface area contributed by atoms with Crippen LogP contribution in [0.3, 0.4) is 0 Å². The van der Waals surface area contributed by atoms with Gasteiger partial charge < -0.3 is 14.8 Å². The van der Waals surface area contributed by atoms with Crippen molar-refractivity contribution in [2.75, 3.05) is 7.11 Å². The second-order valence-electron chi connectivity index (χ2n) is 6.91. The molecule has 0 spiro atoms. The molecule has 3 aromatic carbocycles. The maximum Gasteiger partial charge on any atom is 0.264 e. The van der Waals surface area contributed by atoms with E-state index in [0.717, 1.165) is 5.75 Å². The average molecular weight is 503 g/mol. The van der Waals surface area contributed by atoms with Crippen molar-refractivity contribution in [3.8, 4) is 11.5 Å². The molecule has 1 aliphatic heterocycles. The molecular weight excluding hydrogens is 486 g/mol. The largest absolute Gasteiger partial charge is 0.497 e. The highest BCUT2D eigenvalue weighted by molar-refractivity contribution is 8.18. The molecule has 1 heterocycles. The van der Waals surface area contributed by atoms with Crippen LogP contribution in [0.4, 0.5) is 10.1 Å². The van der Waals surface area contributed by atoms with Crippen molar-refractivity contribution in [2.45, 2.75) is 6.61 Å². The highest BCUT2D eigenvalue weighted by Gasteiger charge is 2.24. The summed E-state index contributed by atoms with van der Waals surface area (Å²) in [5, 5.41) is 3.76. The predicted octanol–water partition coefficient (Wildman–Crippen LogP) is 6.61. The maximum absolute atomic E-state index is 13.3. The Bertz CT molecular complexity index is 1240. The van der Waals surface area contributed by atoms with Crippen LogP contribution in [-0.2, 0) is 11.4 Å². The number of thioether (sulfide) groups is 1. The van der Waals surface area contributed by atoms with E-state index in [-0.39, 0.29) is 34.1 Å². The van der Waals surface area contributed by atoms with Gasteiger partial charge in [0.05, 0.1) is 27.7 Å². The summed E-state index contributed by atoms with van der Waals surface area (Å²) >= 11 is 13.9. The second-order valence-corrected chi connectivity index (χ2v) is 8.76. The molecule has 168 valence electrons. The smallest absolute Gasteiger partial charge is 0.264 e. The van der Waals surface area contributed by atoms with E-state index in [2.05, 4.69) is 10.3 Å². The van der Waals surface area contributed by atoms with E-state index in [1.54, 1.807) is 61.7 Å². The monoisotopic (exact) mass is 502 g/mol. The van der Waals surface area contributed by atoms with Gasteiger partial charge in [-0.3, -0.25) is 4.79 Å².